The predicted molar refractivity (Wildman–Crippen MR) is 68.4 cm³/mol. The van der Waals surface area contributed by atoms with Crippen molar-refractivity contribution in [1.82, 2.24) is 5.32 Å². The number of methoxy groups -OCH3 is 1. The van der Waals surface area contributed by atoms with Crippen LogP contribution in [0.5, 0.6) is 11.5 Å². The molecule has 1 fully saturated rings. The normalized spacial score (nSPS) is 17.7. The number of imide groups is 1. The van der Waals surface area contributed by atoms with E-state index in [0.29, 0.717) is 16.2 Å². The molecular weight excluding hydrogens is 254 g/mol. The van der Waals surface area contributed by atoms with Crippen LogP contribution in [0.25, 0.3) is 5.57 Å². The van der Waals surface area contributed by atoms with E-state index in [-0.39, 0.29) is 11.0 Å². The van der Waals surface area contributed by atoms with E-state index in [1.165, 1.54) is 13.2 Å². The van der Waals surface area contributed by atoms with E-state index < -0.39 is 5.91 Å². The molecule has 0 spiro atoms. The quantitative estimate of drug-likeness (QED) is 0.801. The van der Waals surface area contributed by atoms with Crippen molar-refractivity contribution in [3.8, 4) is 11.5 Å². The molecule has 94 valence electrons. The van der Waals surface area contributed by atoms with Gasteiger partial charge < -0.3 is 9.84 Å². The fourth-order valence-electron chi connectivity index (χ4n) is 1.60. The van der Waals surface area contributed by atoms with E-state index in [2.05, 4.69) is 5.32 Å². The van der Waals surface area contributed by atoms with Crippen molar-refractivity contribution in [3.63, 3.8) is 0 Å². The lowest BCUT2D eigenvalue weighted by Crippen LogP contribution is -2.18. The summed E-state index contributed by atoms with van der Waals surface area (Å²) in [7, 11) is 1.45. The summed E-state index contributed by atoms with van der Waals surface area (Å²) in [6, 6.07) is 4.77. The molecule has 0 radical (unpaired) electrons. The average Bonchev–Trinajstić information content (AvgIpc) is 2.68. The molecule has 1 aromatic rings. The Morgan fingerprint density at radius 3 is 2.67 bits per heavy atom. The first-order valence-corrected chi connectivity index (χ1v) is 5.96. The van der Waals surface area contributed by atoms with Crippen LogP contribution in [0.3, 0.4) is 0 Å². The number of benzene rings is 1. The molecule has 2 N–H and O–H groups in total. The maximum Gasteiger partial charge on any atom is 0.290 e. The summed E-state index contributed by atoms with van der Waals surface area (Å²) in [6.45, 7) is 1.74. The monoisotopic (exact) mass is 265 g/mol. The van der Waals surface area contributed by atoms with Crippen molar-refractivity contribution in [2.75, 3.05) is 7.11 Å². The average molecular weight is 265 g/mol. The molecule has 0 atom stereocenters. The number of carbonyl (C=O) groups is 2. The van der Waals surface area contributed by atoms with Gasteiger partial charge in [0.25, 0.3) is 11.1 Å². The highest BCUT2D eigenvalue weighted by molar-refractivity contribution is 8.18. The molecule has 2 amide bonds. The number of thioether (sulfide) groups is 1. The number of phenols is 1. The lowest BCUT2D eigenvalue weighted by molar-refractivity contribution is -0.115. The van der Waals surface area contributed by atoms with Gasteiger partial charge in [0.2, 0.25) is 0 Å². The highest BCUT2D eigenvalue weighted by atomic mass is 32.2. The summed E-state index contributed by atoms with van der Waals surface area (Å²) in [5.41, 5.74) is 1.39. The van der Waals surface area contributed by atoms with Crippen LogP contribution >= 0.6 is 11.8 Å². The SMILES string of the molecule is COc1cc(C(C)=C2SC(=O)NC2=O)ccc1O. The number of rotatable bonds is 2. The van der Waals surface area contributed by atoms with Gasteiger partial charge in [-0.1, -0.05) is 6.07 Å². The molecule has 18 heavy (non-hydrogen) atoms. The number of aromatic hydroxyl groups is 1. The summed E-state index contributed by atoms with van der Waals surface area (Å²) >= 11 is 0.871. The fraction of sp³-hybridized carbons (Fsp3) is 0.167. The van der Waals surface area contributed by atoms with Crippen molar-refractivity contribution in [2.24, 2.45) is 0 Å². The Morgan fingerprint density at radius 1 is 1.39 bits per heavy atom. The number of amides is 2. The second-order valence-electron chi connectivity index (χ2n) is 3.68. The third-order valence-corrected chi connectivity index (χ3v) is 3.55. The third-order valence-electron chi connectivity index (χ3n) is 2.57. The van der Waals surface area contributed by atoms with Crippen LogP contribution in [-0.4, -0.2) is 23.4 Å². The first kappa shape index (κ1) is 12.5. The summed E-state index contributed by atoms with van der Waals surface area (Å²) in [5, 5.41) is 11.3. The molecule has 0 aliphatic carbocycles. The number of phenolic OH excluding ortho intramolecular Hbond substituents is 1. The molecule has 0 unspecified atom stereocenters. The Bertz CT molecular complexity index is 565. The Balaban J connectivity index is 2.46. The molecule has 6 heteroatoms. The summed E-state index contributed by atoms with van der Waals surface area (Å²) < 4.78 is 5.00. The van der Waals surface area contributed by atoms with Gasteiger partial charge in [-0.3, -0.25) is 14.9 Å². The molecule has 0 bridgehead atoms. The van der Waals surface area contributed by atoms with Crippen molar-refractivity contribution >= 4 is 28.5 Å². The molecule has 2 rings (SSSR count). The van der Waals surface area contributed by atoms with Crippen LogP contribution < -0.4 is 10.1 Å². The van der Waals surface area contributed by atoms with Crippen molar-refractivity contribution in [3.05, 3.63) is 28.7 Å². The number of hydrogen-bond acceptors (Lipinski definition) is 5. The van der Waals surface area contributed by atoms with E-state index in [0.717, 1.165) is 17.3 Å². The van der Waals surface area contributed by atoms with Crippen molar-refractivity contribution in [1.29, 1.82) is 0 Å². The maximum absolute atomic E-state index is 11.5. The number of nitrogens with one attached hydrogen (secondary N) is 1. The topological polar surface area (TPSA) is 75.6 Å². The van der Waals surface area contributed by atoms with Gasteiger partial charge in [-0.15, -0.1) is 0 Å². The Labute approximate surface area is 108 Å². The minimum atomic E-state index is -0.394. The van der Waals surface area contributed by atoms with Gasteiger partial charge in [-0.2, -0.15) is 0 Å². The summed E-state index contributed by atoms with van der Waals surface area (Å²) in [4.78, 5) is 23.0. The second kappa shape index (κ2) is 4.73. The maximum atomic E-state index is 11.5. The standard InChI is InChI=1S/C12H11NO4S/c1-6(10-11(15)13-12(16)18-10)7-3-4-8(14)9(5-7)17-2/h3-5,14H,1-2H3,(H,13,15,16). The molecule has 1 aliphatic heterocycles. The van der Waals surface area contributed by atoms with E-state index in [1.54, 1.807) is 19.1 Å². The minimum Gasteiger partial charge on any atom is -0.504 e. The van der Waals surface area contributed by atoms with Gasteiger partial charge in [-0.05, 0) is 42.0 Å². The molecule has 1 aliphatic rings. The van der Waals surface area contributed by atoms with Crippen LogP contribution in [0.1, 0.15) is 12.5 Å². The van der Waals surface area contributed by atoms with Crippen LogP contribution in [0.15, 0.2) is 23.1 Å². The van der Waals surface area contributed by atoms with Crippen LogP contribution in [-0.2, 0) is 4.79 Å². The second-order valence-corrected chi connectivity index (χ2v) is 4.67. The first-order chi connectivity index (χ1) is 8.52. The Morgan fingerprint density at radius 2 is 2.11 bits per heavy atom. The van der Waals surface area contributed by atoms with Gasteiger partial charge in [-0.25, -0.2) is 0 Å². The molecule has 0 aromatic heterocycles. The van der Waals surface area contributed by atoms with Crippen molar-refractivity contribution in [2.45, 2.75) is 6.92 Å². The van der Waals surface area contributed by atoms with Gasteiger partial charge in [0.1, 0.15) is 0 Å². The molecule has 1 aromatic carbocycles. The van der Waals surface area contributed by atoms with Crippen LogP contribution in [0.2, 0.25) is 0 Å². The lowest BCUT2D eigenvalue weighted by atomic mass is 10.1. The smallest absolute Gasteiger partial charge is 0.290 e. The fourth-order valence-corrected chi connectivity index (χ4v) is 2.35. The Hall–Kier alpha value is -1.95. The zero-order chi connectivity index (χ0) is 13.3. The number of hydrogen-bond donors (Lipinski definition) is 2. The van der Waals surface area contributed by atoms with Crippen molar-refractivity contribution < 1.29 is 19.4 Å². The van der Waals surface area contributed by atoms with Crippen LogP contribution in [0.4, 0.5) is 4.79 Å². The summed E-state index contributed by atoms with van der Waals surface area (Å²) in [6.07, 6.45) is 0. The predicted octanol–water partition coefficient (Wildman–Crippen LogP) is 2.11. The highest BCUT2D eigenvalue weighted by Crippen LogP contribution is 2.34. The van der Waals surface area contributed by atoms with E-state index in [4.69, 9.17) is 4.74 Å². The van der Waals surface area contributed by atoms with Gasteiger partial charge in [0.15, 0.2) is 11.5 Å². The molecular formula is C12H11NO4S. The number of allylic oxidation sites excluding steroid dienone is 1. The largest absolute Gasteiger partial charge is 0.504 e. The zero-order valence-corrected chi connectivity index (χ0v) is 10.6. The van der Waals surface area contributed by atoms with Gasteiger partial charge >= 0.3 is 0 Å². The summed E-state index contributed by atoms with van der Waals surface area (Å²) in [5.74, 6) is -0.0459. The minimum absolute atomic E-state index is 0.0265. The lowest BCUT2D eigenvalue weighted by Gasteiger charge is -2.08. The first-order valence-electron chi connectivity index (χ1n) is 5.14. The van der Waals surface area contributed by atoms with Gasteiger partial charge in [0.05, 0.1) is 12.0 Å². The van der Waals surface area contributed by atoms with E-state index >= 15 is 0 Å². The molecule has 5 nitrogen and oxygen atoms in total. The molecule has 0 saturated carbocycles. The number of carbonyl (C=O) groups excluding carboxylic acids is 2. The third kappa shape index (κ3) is 2.19. The molecule has 1 heterocycles. The van der Waals surface area contributed by atoms with E-state index in [1.807, 2.05) is 0 Å². The number of ether oxygens (including phenoxy) is 1. The van der Waals surface area contributed by atoms with Gasteiger partial charge in [0, 0.05) is 0 Å². The molecule has 1 saturated heterocycles. The highest BCUT2D eigenvalue weighted by Gasteiger charge is 2.27. The van der Waals surface area contributed by atoms with E-state index in [9.17, 15) is 14.7 Å². The van der Waals surface area contributed by atoms with Crippen LogP contribution in [0, 0.1) is 0 Å². The zero-order valence-electron chi connectivity index (χ0n) is 9.81. The Kier molecular flexibility index (Phi) is 3.29.